The SMILES string of the molecule is c1ccc(-c2nc(-c3cc(-n4c5cc6ccccc6cc5c5cc6ccccc6cc54)cc4oc5ccccc5c34)c3sc4ccccc4c3n2)cc1.c1ccc(-c2nc(-c3cc(-n4c5ccccc5c5c6ccccc6ccc54)cc4oc5ccccc5c34)c3oc4ccccc4c3n2)cc1.c1ccc(-c2nc3ccccc3nc2-c2cc(-n3c4ccccc4c4cc5ccccc5cc43)cc3oc4ccccc4c23)cc1. The van der Waals surface area contributed by atoms with E-state index in [1.54, 1.807) is 11.3 Å². The van der Waals surface area contributed by atoms with E-state index in [4.69, 9.17) is 47.6 Å². The minimum Gasteiger partial charge on any atom is -0.456 e. The van der Waals surface area contributed by atoms with Crippen LogP contribution in [0.15, 0.2) is 485 Å². The third kappa shape index (κ3) is 13.1. The first kappa shape index (κ1) is 82.9. The predicted octanol–water partition coefficient (Wildman–Crippen LogP) is 36.5. The molecule has 0 aliphatic heterocycles. The number of thiophene rings is 1. The molecular formula is C134H77N9O4S. The van der Waals surface area contributed by atoms with Gasteiger partial charge >= 0.3 is 0 Å². The van der Waals surface area contributed by atoms with E-state index in [1.807, 2.05) is 115 Å². The van der Waals surface area contributed by atoms with Crippen molar-refractivity contribution in [3.63, 3.8) is 0 Å². The standard InChI is InChI=1S/C48H27N3OS.C44H25N3O2.C42H25N3O/c1-2-12-28(13-3-1)48-49-45-35-19-9-11-21-43(35)53-47(45)46(50-48)38-26-33(27-42-44(38)34-18-8-10-20-41(34)52-42)51-39-24-31-16-6-4-14-29(31)22-36(39)37-23-30-15-5-7-17-32(30)25-40(37)51;1-2-13-27(14-3-1)44-45-41-32-18-8-11-21-37(32)49-43(41)42(46-44)33-24-28(25-38-40(33)31-17-7-10-20-36(31)48-38)47-34-19-9-6-16-30(34)39-29-15-5-4-12-26(29)22-23-35(39)47;1-2-12-26(13-3-1)41-42(44-35-19-9-8-18-34(35)43-41)33-24-29(25-39-40(33)31-17-7-11-21-38(31)46-39)45-36-20-10-6-16-30(36)32-22-27-14-4-5-15-28(27)23-37(32)45/h1-27H;1-25H;1-25H. The molecule has 0 N–H and O–H groups in total. The van der Waals surface area contributed by atoms with Gasteiger partial charge in [0.25, 0.3) is 0 Å². The molecule has 0 aliphatic carbocycles. The van der Waals surface area contributed by atoms with Crippen molar-refractivity contribution in [2.24, 2.45) is 0 Å². The molecule has 0 saturated heterocycles. The number of rotatable bonds is 9. The van der Waals surface area contributed by atoms with E-state index >= 15 is 0 Å². The second-order valence-corrected chi connectivity index (χ2v) is 39.2. The highest BCUT2D eigenvalue weighted by atomic mass is 32.1. The molecule has 0 spiro atoms. The van der Waals surface area contributed by atoms with Crippen molar-refractivity contribution in [3.8, 4) is 84.9 Å². The largest absolute Gasteiger partial charge is 0.456 e. The van der Waals surface area contributed by atoms with Crippen LogP contribution in [-0.2, 0) is 0 Å². The van der Waals surface area contributed by atoms with Gasteiger partial charge in [-0.3, -0.25) is 0 Å². The van der Waals surface area contributed by atoms with Gasteiger partial charge in [0, 0.05) is 132 Å². The minimum atomic E-state index is 0.643. The van der Waals surface area contributed by atoms with Crippen molar-refractivity contribution < 1.29 is 17.7 Å². The molecular weight excluding hydrogens is 1830 g/mol. The maximum atomic E-state index is 6.75. The predicted molar refractivity (Wildman–Crippen MR) is 611 cm³/mol. The fraction of sp³-hybridized carbons (Fsp3) is 0. The fourth-order valence-electron chi connectivity index (χ4n) is 23.0. The van der Waals surface area contributed by atoms with Gasteiger partial charge in [-0.15, -0.1) is 11.3 Å². The van der Waals surface area contributed by atoms with Gasteiger partial charge in [-0.2, -0.15) is 0 Å². The number of aromatic nitrogens is 9. The molecule has 11 heterocycles. The van der Waals surface area contributed by atoms with Crippen LogP contribution in [-0.4, -0.2) is 43.6 Å². The Hall–Kier alpha value is -19.8. The van der Waals surface area contributed by atoms with Gasteiger partial charge in [-0.1, -0.05) is 328 Å². The van der Waals surface area contributed by atoms with E-state index in [9.17, 15) is 0 Å². The van der Waals surface area contributed by atoms with Crippen molar-refractivity contribution in [1.29, 1.82) is 0 Å². The Morgan fingerprint density at radius 3 is 1.07 bits per heavy atom. The number of para-hydroxylation sites is 8. The molecule has 0 radical (unpaired) electrons. The molecule has 11 aromatic heterocycles. The Morgan fingerprint density at radius 2 is 0.547 bits per heavy atom. The maximum Gasteiger partial charge on any atom is 0.180 e. The quantitative estimate of drug-likeness (QED) is 0.137. The average molecular weight is 1910 g/mol. The van der Waals surface area contributed by atoms with Crippen LogP contribution < -0.4 is 0 Å². The number of hydrogen-bond donors (Lipinski definition) is 0. The van der Waals surface area contributed by atoms with E-state index in [0.717, 1.165) is 215 Å². The molecule has 0 amide bonds. The van der Waals surface area contributed by atoms with Crippen LogP contribution in [0.25, 0.3) is 313 Å². The Bertz CT molecular complexity index is 11300. The van der Waals surface area contributed by atoms with Gasteiger partial charge in [0.2, 0.25) is 0 Å². The molecule has 0 unspecified atom stereocenters. The first-order valence-corrected chi connectivity index (χ1v) is 50.6. The summed E-state index contributed by atoms with van der Waals surface area (Å²) in [6, 6.07) is 164. The van der Waals surface area contributed by atoms with Crippen molar-refractivity contribution in [2.45, 2.75) is 0 Å². The summed E-state index contributed by atoms with van der Waals surface area (Å²) in [4.78, 5) is 31.6. The number of fused-ring (bicyclic) bond motifs is 30. The Labute approximate surface area is 846 Å². The Kier molecular flexibility index (Phi) is 18.4. The van der Waals surface area contributed by atoms with Crippen LogP contribution in [0.5, 0.6) is 0 Å². The zero-order chi connectivity index (χ0) is 96.9. The summed E-state index contributed by atoms with van der Waals surface area (Å²) in [5.74, 6) is 1.35. The molecule has 0 bridgehead atoms. The second-order valence-electron chi connectivity index (χ2n) is 38.1. The molecule has 33 aromatic rings. The summed E-state index contributed by atoms with van der Waals surface area (Å²) in [5.41, 5.74) is 28.9. The molecule has 0 saturated carbocycles. The fourth-order valence-corrected chi connectivity index (χ4v) is 24.2. The van der Waals surface area contributed by atoms with Crippen LogP contribution in [0.2, 0.25) is 0 Å². The summed E-state index contributed by atoms with van der Waals surface area (Å²) in [5, 5.41) is 25.4. The van der Waals surface area contributed by atoms with Gasteiger partial charge < -0.3 is 31.4 Å². The zero-order valence-corrected chi connectivity index (χ0v) is 79.8. The number of benzene rings is 22. The van der Waals surface area contributed by atoms with E-state index in [0.29, 0.717) is 17.2 Å². The summed E-state index contributed by atoms with van der Waals surface area (Å²) < 4.78 is 36.0. The minimum absolute atomic E-state index is 0.643. The lowest BCUT2D eigenvalue weighted by molar-refractivity contribution is 0.666. The zero-order valence-electron chi connectivity index (χ0n) is 79.0. The monoisotopic (exact) mass is 1910 g/mol. The van der Waals surface area contributed by atoms with Crippen molar-refractivity contribution in [1.82, 2.24) is 43.6 Å². The summed E-state index contributed by atoms with van der Waals surface area (Å²) >= 11 is 1.75. The molecule has 148 heavy (non-hydrogen) atoms. The third-order valence-corrected chi connectivity index (χ3v) is 30.8. The normalized spacial score (nSPS) is 12.1. The number of furan rings is 4. The summed E-state index contributed by atoms with van der Waals surface area (Å²) in [6.45, 7) is 0. The van der Waals surface area contributed by atoms with Gasteiger partial charge in [0.1, 0.15) is 50.3 Å². The number of hydrogen-bond acceptors (Lipinski definition) is 11. The first-order valence-electron chi connectivity index (χ1n) is 49.7. The molecule has 0 atom stereocenters. The number of nitrogens with zero attached hydrogens (tertiary/aromatic N) is 9. The lowest BCUT2D eigenvalue weighted by Crippen LogP contribution is -1.99. The molecule has 0 aliphatic rings. The summed E-state index contributed by atoms with van der Waals surface area (Å²) in [6.07, 6.45) is 0. The van der Waals surface area contributed by atoms with E-state index in [1.165, 1.54) is 80.1 Å². The van der Waals surface area contributed by atoms with Gasteiger partial charge in [-0.05, 0) is 164 Å². The molecule has 688 valence electrons. The topological polar surface area (TPSA) is 145 Å². The van der Waals surface area contributed by atoms with Gasteiger partial charge in [-0.25, -0.2) is 29.9 Å². The van der Waals surface area contributed by atoms with Gasteiger partial charge in [0.05, 0.1) is 88.5 Å². The third-order valence-electron chi connectivity index (χ3n) is 29.7. The lowest BCUT2D eigenvalue weighted by atomic mass is 9.98. The van der Waals surface area contributed by atoms with Crippen molar-refractivity contribution >= 4 is 239 Å². The van der Waals surface area contributed by atoms with E-state index < -0.39 is 0 Å². The average Bonchev–Trinajstić information content (AvgIpc) is 1.55. The highest BCUT2D eigenvalue weighted by molar-refractivity contribution is 7.26. The van der Waals surface area contributed by atoms with Crippen molar-refractivity contribution in [3.05, 3.63) is 467 Å². The Balaban J connectivity index is 0.000000101. The summed E-state index contributed by atoms with van der Waals surface area (Å²) in [7, 11) is 0. The van der Waals surface area contributed by atoms with E-state index in [-0.39, 0.29) is 0 Å². The van der Waals surface area contributed by atoms with Crippen LogP contribution >= 0.6 is 11.3 Å². The highest BCUT2D eigenvalue weighted by Crippen LogP contribution is 2.52. The Morgan fingerprint density at radius 1 is 0.189 bits per heavy atom. The lowest BCUT2D eigenvalue weighted by Gasteiger charge is -2.15. The maximum absolute atomic E-state index is 6.75. The van der Waals surface area contributed by atoms with Crippen LogP contribution in [0.1, 0.15) is 0 Å². The second kappa shape index (κ2) is 32.9. The molecule has 0 fully saturated rings. The van der Waals surface area contributed by atoms with Crippen molar-refractivity contribution in [2.75, 3.05) is 0 Å². The molecule has 14 heteroatoms. The molecule has 22 aromatic carbocycles. The van der Waals surface area contributed by atoms with Crippen LogP contribution in [0, 0.1) is 0 Å². The molecule has 33 rings (SSSR count). The first-order chi connectivity index (χ1) is 73.3. The van der Waals surface area contributed by atoms with Crippen LogP contribution in [0.3, 0.4) is 0 Å². The smallest absolute Gasteiger partial charge is 0.180 e. The van der Waals surface area contributed by atoms with E-state index in [2.05, 4.69) is 366 Å². The van der Waals surface area contributed by atoms with Gasteiger partial charge in [0.15, 0.2) is 17.2 Å². The molecule has 13 nitrogen and oxygen atoms in total. The highest BCUT2D eigenvalue weighted by Gasteiger charge is 2.30. The van der Waals surface area contributed by atoms with Crippen LogP contribution in [0.4, 0.5) is 0 Å².